The molecule has 4 rings (SSSR count). The molecule has 0 saturated carbocycles. The number of rotatable bonds is 5. The van der Waals surface area contributed by atoms with Crippen LogP contribution < -0.4 is 11.2 Å². The van der Waals surface area contributed by atoms with Gasteiger partial charge in [-0.2, -0.15) is 0 Å². The van der Waals surface area contributed by atoms with E-state index in [4.69, 9.17) is 4.98 Å². The Bertz CT molecular complexity index is 1300. The Hall–Kier alpha value is -3.41. The second-order valence-electron chi connectivity index (χ2n) is 7.35. The molecule has 0 N–H and O–H groups in total. The minimum atomic E-state index is -0.329. The molecule has 0 unspecified atom stereocenters. The van der Waals surface area contributed by atoms with Crippen molar-refractivity contribution in [1.82, 2.24) is 18.7 Å². The molecular weight excluding hydrogens is 364 g/mol. The van der Waals surface area contributed by atoms with Crippen LogP contribution in [0.5, 0.6) is 0 Å². The maximum Gasteiger partial charge on any atom is 0.332 e. The lowest BCUT2D eigenvalue weighted by atomic mass is 10.1. The summed E-state index contributed by atoms with van der Waals surface area (Å²) >= 11 is 0. The summed E-state index contributed by atoms with van der Waals surface area (Å²) in [4.78, 5) is 30.8. The van der Waals surface area contributed by atoms with Gasteiger partial charge in [-0.15, -0.1) is 0 Å². The number of fused-ring (bicyclic) bond motifs is 1. The fourth-order valence-electron chi connectivity index (χ4n) is 3.72. The summed E-state index contributed by atoms with van der Waals surface area (Å²) in [5, 5.41) is 0. The van der Waals surface area contributed by atoms with Crippen LogP contribution in [0.25, 0.3) is 22.6 Å². The largest absolute Gasteiger partial charge is 0.332 e. The minimum Gasteiger partial charge on any atom is -0.314 e. The molecule has 0 amide bonds. The van der Waals surface area contributed by atoms with Crippen LogP contribution in [0.1, 0.15) is 24.5 Å². The van der Waals surface area contributed by atoms with E-state index in [1.165, 1.54) is 9.13 Å². The third-order valence-corrected chi connectivity index (χ3v) is 5.14. The third-order valence-electron chi connectivity index (χ3n) is 5.14. The van der Waals surface area contributed by atoms with Crippen LogP contribution in [0.2, 0.25) is 0 Å². The van der Waals surface area contributed by atoms with E-state index >= 15 is 0 Å². The van der Waals surface area contributed by atoms with Gasteiger partial charge in [-0.1, -0.05) is 61.0 Å². The first-order valence-electron chi connectivity index (χ1n) is 9.82. The Balaban J connectivity index is 2.08. The molecule has 6 nitrogen and oxygen atoms in total. The summed E-state index contributed by atoms with van der Waals surface area (Å²) in [5.74, 6) is 0.689. The highest BCUT2D eigenvalue weighted by Gasteiger charge is 2.21. The van der Waals surface area contributed by atoms with Crippen LogP contribution >= 0.6 is 0 Å². The van der Waals surface area contributed by atoms with E-state index in [9.17, 15) is 9.59 Å². The molecule has 4 aromatic rings. The minimum absolute atomic E-state index is 0.285. The lowest BCUT2D eigenvalue weighted by Crippen LogP contribution is -2.39. The van der Waals surface area contributed by atoms with E-state index in [-0.39, 0.29) is 11.2 Å². The summed E-state index contributed by atoms with van der Waals surface area (Å²) in [7, 11) is 1.68. The third kappa shape index (κ3) is 3.31. The Morgan fingerprint density at radius 3 is 2.41 bits per heavy atom. The van der Waals surface area contributed by atoms with E-state index < -0.39 is 0 Å². The highest BCUT2D eigenvalue weighted by molar-refractivity contribution is 5.77. The van der Waals surface area contributed by atoms with Gasteiger partial charge >= 0.3 is 5.69 Å². The summed E-state index contributed by atoms with van der Waals surface area (Å²) < 4.78 is 4.73. The molecule has 0 atom stereocenters. The summed E-state index contributed by atoms with van der Waals surface area (Å²) in [5.41, 5.74) is 3.36. The molecule has 0 spiro atoms. The van der Waals surface area contributed by atoms with Crippen LogP contribution in [0, 0.1) is 6.92 Å². The van der Waals surface area contributed by atoms with Gasteiger partial charge in [0.1, 0.15) is 5.82 Å². The van der Waals surface area contributed by atoms with Gasteiger partial charge in [-0.25, -0.2) is 9.78 Å². The second-order valence-corrected chi connectivity index (χ2v) is 7.35. The molecule has 0 saturated heterocycles. The topological polar surface area (TPSA) is 61.8 Å². The van der Waals surface area contributed by atoms with Crippen molar-refractivity contribution in [3.8, 4) is 11.4 Å². The fourth-order valence-corrected chi connectivity index (χ4v) is 3.72. The zero-order valence-corrected chi connectivity index (χ0v) is 16.9. The van der Waals surface area contributed by atoms with Gasteiger partial charge in [0.2, 0.25) is 0 Å². The quantitative estimate of drug-likeness (QED) is 0.527. The molecule has 2 heterocycles. The SMILES string of the molecule is CCCn1c(=O)c2c(nc(-c3cccc(C)c3)n2Cc2ccccc2)n(C)c1=O. The molecule has 2 aromatic carbocycles. The fraction of sp³-hybridized carbons (Fsp3) is 0.261. The standard InChI is InChI=1S/C23H24N4O2/c1-4-13-26-22(28)19-21(25(3)23(26)29)24-20(18-12-8-9-16(2)14-18)27(19)15-17-10-6-5-7-11-17/h5-12,14H,4,13,15H2,1-3H3. The van der Waals surface area contributed by atoms with E-state index in [1.54, 1.807) is 7.05 Å². The zero-order valence-electron chi connectivity index (χ0n) is 16.9. The first-order chi connectivity index (χ1) is 14.0. The van der Waals surface area contributed by atoms with Crippen molar-refractivity contribution in [3.63, 3.8) is 0 Å². The van der Waals surface area contributed by atoms with E-state index in [0.29, 0.717) is 36.5 Å². The molecule has 0 aliphatic rings. The number of hydrogen-bond donors (Lipinski definition) is 0. The second kappa shape index (κ2) is 7.54. The average molecular weight is 388 g/mol. The van der Waals surface area contributed by atoms with Crippen molar-refractivity contribution in [2.75, 3.05) is 0 Å². The first-order valence-corrected chi connectivity index (χ1v) is 9.82. The van der Waals surface area contributed by atoms with Gasteiger partial charge < -0.3 is 4.57 Å². The van der Waals surface area contributed by atoms with Gasteiger partial charge in [0.15, 0.2) is 11.2 Å². The van der Waals surface area contributed by atoms with Crippen molar-refractivity contribution in [2.45, 2.75) is 33.4 Å². The summed E-state index contributed by atoms with van der Waals surface area (Å²) in [6.07, 6.45) is 0.707. The van der Waals surface area contributed by atoms with E-state index in [0.717, 1.165) is 16.7 Å². The molecule has 2 aromatic heterocycles. The maximum absolute atomic E-state index is 13.3. The van der Waals surface area contributed by atoms with Crippen molar-refractivity contribution in [1.29, 1.82) is 0 Å². The number of nitrogens with zero attached hydrogens (tertiary/aromatic N) is 4. The number of benzene rings is 2. The monoisotopic (exact) mass is 388 g/mol. The highest BCUT2D eigenvalue weighted by atomic mass is 16.2. The van der Waals surface area contributed by atoms with E-state index in [1.807, 2.05) is 73.0 Å². The Morgan fingerprint density at radius 1 is 0.966 bits per heavy atom. The van der Waals surface area contributed by atoms with Crippen LogP contribution in [0.3, 0.4) is 0 Å². The summed E-state index contributed by atoms with van der Waals surface area (Å²) in [6.45, 7) is 4.87. The van der Waals surface area contributed by atoms with Crippen molar-refractivity contribution in [3.05, 3.63) is 86.6 Å². The van der Waals surface area contributed by atoms with Crippen molar-refractivity contribution < 1.29 is 0 Å². The first kappa shape index (κ1) is 18.9. The van der Waals surface area contributed by atoms with Gasteiger partial charge in [0.05, 0.1) is 0 Å². The number of imidazole rings is 1. The molecule has 0 aliphatic heterocycles. The van der Waals surface area contributed by atoms with Gasteiger partial charge in [-0.3, -0.25) is 13.9 Å². The predicted molar refractivity (Wildman–Crippen MR) is 115 cm³/mol. The van der Waals surface area contributed by atoms with Gasteiger partial charge in [-0.05, 0) is 25.0 Å². The zero-order chi connectivity index (χ0) is 20.5. The Labute approximate surface area is 168 Å². The van der Waals surface area contributed by atoms with Crippen LogP contribution in [0.4, 0.5) is 0 Å². The van der Waals surface area contributed by atoms with Crippen LogP contribution in [-0.4, -0.2) is 18.7 Å². The molecule has 29 heavy (non-hydrogen) atoms. The molecular formula is C23H24N4O2. The molecule has 0 aliphatic carbocycles. The highest BCUT2D eigenvalue weighted by Crippen LogP contribution is 2.24. The average Bonchev–Trinajstić information content (AvgIpc) is 3.10. The van der Waals surface area contributed by atoms with Crippen molar-refractivity contribution >= 4 is 11.2 Å². The number of hydrogen-bond acceptors (Lipinski definition) is 3. The van der Waals surface area contributed by atoms with Gasteiger partial charge in [0, 0.05) is 25.7 Å². The van der Waals surface area contributed by atoms with Crippen LogP contribution in [-0.2, 0) is 20.1 Å². The van der Waals surface area contributed by atoms with Crippen molar-refractivity contribution in [2.24, 2.45) is 7.05 Å². The maximum atomic E-state index is 13.3. The lowest BCUT2D eigenvalue weighted by Gasteiger charge is -2.11. The molecule has 0 bridgehead atoms. The molecule has 0 radical (unpaired) electrons. The normalized spacial score (nSPS) is 11.3. The smallest absolute Gasteiger partial charge is 0.314 e. The van der Waals surface area contributed by atoms with E-state index in [2.05, 4.69) is 0 Å². The van der Waals surface area contributed by atoms with Gasteiger partial charge in [0.25, 0.3) is 5.56 Å². The number of aryl methyl sites for hydroxylation is 2. The van der Waals surface area contributed by atoms with Crippen LogP contribution in [0.15, 0.2) is 64.2 Å². The predicted octanol–water partition coefficient (Wildman–Crippen LogP) is 3.33. The molecule has 0 fully saturated rings. The molecule has 148 valence electrons. The summed E-state index contributed by atoms with van der Waals surface area (Å²) in [6, 6.07) is 18.0. The Morgan fingerprint density at radius 2 is 1.72 bits per heavy atom. The lowest BCUT2D eigenvalue weighted by molar-refractivity contribution is 0.590. The molecule has 6 heteroatoms. The Kier molecular flexibility index (Phi) is 4.92. The number of aromatic nitrogens is 4.